The SMILES string of the molecule is CC(C)N1CCOc2c(F)cc(-c3nc(Nc4ccc(N5CCNCC5)c(F)c4F)ncc3F)cc21. The van der Waals surface area contributed by atoms with Crippen LogP contribution in [0.1, 0.15) is 13.8 Å². The number of hydrogen-bond donors (Lipinski definition) is 2. The van der Waals surface area contributed by atoms with E-state index in [4.69, 9.17) is 4.74 Å². The van der Waals surface area contributed by atoms with Crippen molar-refractivity contribution in [2.45, 2.75) is 19.9 Å². The smallest absolute Gasteiger partial charge is 0.228 e. The molecule has 0 amide bonds. The molecule has 0 radical (unpaired) electrons. The Morgan fingerprint density at radius 1 is 0.972 bits per heavy atom. The quantitative estimate of drug-likeness (QED) is 0.500. The summed E-state index contributed by atoms with van der Waals surface area (Å²) in [7, 11) is 0. The maximum Gasteiger partial charge on any atom is 0.228 e. The van der Waals surface area contributed by atoms with Crippen LogP contribution in [0.3, 0.4) is 0 Å². The van der Waals surface area contributed by atoms with Crippen LogP contribution in [0.5, 0.6) is 5.75 Å². The van der Waals surface area contributed by atoms with Crippen LogP contribution in [0.4, 0.5) is 40.6 Å². The van der Waals surface area contributed by atoms with Gasteiger partial charge in [-0.05, 0) is 38.1 Å². The van der Waals surface area contributed by atoms with Crippen molar-refractivity contribution < 1.29 is 22.3 Å². The van der Waals surface area contributed by atoms with Crippen LogP contribution >= 0.6 is 0 Å². The highest BCUT2D eigenvalue weighted by Crippen LogP contribution is 2.39. The summed E-state index contributed by atoms with van der Waals surface area (Å²) in [6.45, 7) is 7.31. The van der Waals surface area contributed by atoms with E-state index in [1.54, 1.807) is 11.0 Å². The van der Waals surface area contributed by atoms with E-state index in [-0.39, 0.29) is 40.4 Å². The number of ether oxygens (including phenoxy) is 1. The van der Waals surface area contributed by atoms with Crippen LogP contribution < -0.4 is 25.2 Å². The molecule has 7 nitrogen and oxygen atoms in total. The molecule has 3 heterocycles. The van der Waals surface area contributed by atoms with Crippen LogP contribution in [-0.4, -0.2) is 55.3 Å². The lowest BCUT2D eigenvalue weighted by Crippen LogP contribution is -2.44. The molecular weight excluding hydrogens is 476 g/mol. The Hall–Kier alpha value is -3.60. The minimum absolute atomic E-state index is 0.0665. The van der Waals surface area contributed by atoms with Crippen molar-refractivity contribution in [1.29, 1.82) is 0 Å². The van der Waals surface area contributed by atoms with Gasteiger partial charge in [-0.15, -0.1) is 0 Å². The number of nitrogens with one attached hydrogen (secondary N) is 2. The zero-order valence-corrected chi connectivity index (χ0v) is 19.9. The van der Waals surface area contributed by atoms with E-state index in [0.717, 1.165) is 12.3 Å². The number of fused-ring (bicyclic) bond motifs is 1. The summed E-state index contributed by atoms with van der Waals surface area (Å²) in [6, 6.07) is 5.68. The average Bonchev–Trinajstić information content (AvgIpc) is 2.88. The molecule has 36 heavy (non-hydrogen) atoms. The maximum atomic E-state index is 14.9. The van der Waals surface area contributed by atoms with Gasteiger partial charge in [-0.2, -0.15) is 0 Å². The third-order valence-corrected chi connectivity index (χ3v) is 6.32. The summed E-state index contributed by atoms with van der Waals surface area (Å²) in [5, 5.41) is 5.78. The van der Waals surface area contributed by atoms with Crippen LogP contribution in [0.15, 0.2) is 30.5 Å². The predicted octanol–water partition coefficient (Wildman–Crippen LogP) is 4.46. The standard InChI is InChI=1S/C25H26F4N6O/c1-14(2)35-9-10-36-24-16(26)11-15(12-20(24)35)23-17(27)13-31-25(33-23)32-18-3-4-19(22(29)21(18)28)34-7-5-30-6-8-34/h3-4,11-14,30H,5-10H2,1-2H3,(H,31,32,33). The fraction of sp³-hybridized carbons (Fsp3) is 0.360. The first-order chi connectivity index (χ1) is 17.3. The summed E-state index contributed by atoms with van der Waals surface area (Å²) in [6.07, 6.45) is 0.905. The van der Waals surface area contributed by atoms with Crippen molar-refractivity contribution in [3.8, 4) is 17.0 Å². The van der Waals surface area contributed by atoms with Gasteiger partial charge in [0.25, 0.3) is 0 Å². The summed E-state index contributed by atoms with van der Waals surface area (Å²) in [5.41, 5.74) is 0.463. The van der Waals surface area contributed by atoms with Gasteiger partial charge in [0.2, 0.25) is 5.95 Å². The number of hydrogen-bond acceptors (Lipinski definition) is 7. The molecule has 11 heteroatoms. The molecule has 0 aliphatic carbocycles. The largest absolute Gasteiger partial charge is 0.486 e. The van der Waals surface area contributed by atoms with E-state index < -0.39 is 23.3 Å². The van der Waals surface area contributed by atoms with Gasteiger partial charge in [0.15, 0.2) is 29.0 Å². The molecule has 2 aliphatic heterocycles. The number of anilines is 4. The van der Waals surface area contributed by atoms with Gasteiger partial charge < -0.3 is 25.2 Å². The van der Waals surface area contributed by atoms with E-state index in [9.17, 15) is 17.6 Å². The first-order valence-corrected chi connectivity index (χ1v) is 11.8. The number of halogens is 4. The highest BCUT2D eigenvalue weighted by atomic mass is 19.2. The number of nitrogens with zero attached hydrogens (tertiary/aromatic N) is 4. The van der Waals surface area contributed by atoms with Gasteiger partial charge in [0.1, 0.15) is 12.3 Å². The van der Waals surface area contributed by atoms with Crippen LogP contribution in [0.2, 0.25) is 0 Å². The molecule has 2 N–H and O–H groups in total. The molecule has 1 fully saturated rings. The minimum atomic E-state index is -1.09. The minimum Gasteiger partial charge on any atom is -0.486 e. The van der Waals surface area contributed by atoms with Crippen molar-refractivity contribution in [2.24, 2.45) is 0 Å². The maximum absolute atomic E-state index is 14.9. The molecule has 1 aromatic heterocycles. The lowest BCUT2D eigenvalue weighted by atomic mass is 10.1. The van der Waals surface area contributed by atoms with Crippen LogP contribution in [0.25, 0.3) is 11.3 Å². The first kappa shape index (κ1) is 24.1. The summed E-state index contributed by atoms with van der Waals surface area (Å²) in [5.74, 6) is -3.56. The van der Waals surface area contributed by atoms with Gasteiger partial charge in [-0.25, -0.2) is 27.5 Å². The van der Waals surface area contributed by atoms with E-state index >= 15 is 0 Å². The Kier molecular flexibility index (Phi) is 6.57. The molecule has 190 valence electrons. The molecule has 0 saturated carbocycles. The van der Waals surface area contributed by atoms with E-state index in [2.05, 4.69) is 20.6 Å². The summed E-state index contributed by atoms with van der Waals surface area (Å²) < 4.78 is 64.9. The molecule has 1 saturated heterocycles. The highest BCUT2D eigenvalue weighted by Gasteiger charge is 2.26. The lowest BCUT2D eigenvalue weighted by molar-refractivity contribution is 0.287. The van der Waals surface area contributed by atoms with Crippen molar-refractivity contribution in [3.05, 3.63) is 53.7 Å². The molecule has 2 aromatic carbocycles. The van der Waals surface area contributed by atoms with Crippen LogP contribution in [-0.2, 0) is 0 Å². The first-order valence-electron chi connectivity index (χ1n) is 11.8. The Labute approximate surface area is 206 Å². The Morgan fingerprint density at radius 3 is 2.50 bits per heavy atom. The second-order valence-corrected chi connectivity index (χ2v) is 8.95. The molecule has 0 spiro atoms. The summed E-state index contributed by atoms with van der Waals surface area (Å²) >= 11 is 0. The van der Waals surface area contributed by atoms with E-state index in [1.165, 1.54) is 12.1 Å². The van der Waals surface area contributed by atoms with Crippen LogP contribution in [0, 0.1) is 23.3 Å². The topological polar surface area (TPSA) is 65.6 Å². The van der Waals surface area contributed by atoms with Gasteiger partial charge in [0.05, 0.1) is 29.8 Å². The number of aromatic nitrogens is 2. The Bertz CT molecular complexity index is 1280. The third kappa shape index (κ3) is 4.50. The van der Waals surface area contributed by atoms with Gasteiger partial charge in [-0.3, -0.25) is 0 Å². The predicted molar refractivity (Wildman–Crippen MR) is 130 cm³/mol. The van der Waals surface area contributed by atoms with Gasteiger partial charge >= 0.3 is 0 Å². The lowest BCUT2D eigenvalue weighted by Gasteiger charge is -2.34. The average molecular weight is 503 g/mol. The van der Waals surface area contributed by atoms with Gasteiger partial charge in [-0.1, -0.05) is 0 Å². The highest BCUT2D eigenvalue weighted by molar-refractivity contribution is 5.73. The van der Waals surface area contributed by atoms with Crippen molar-refractivity contribution >= 4 is 23.0 Å². The molecule has 3 aromatic rings. The molecule has 5 rings (SSSR count). The molecule has 0 bridgehead atoms. The van der Waals surface area contributed by atoms with E-state index in [0.29, 0.717) is 45.0 Å². The monoisotopic (exact) mass is 502 g/mol. The third-order valence-electron chi connectivity index (χ3n) is 6.32. The molecular formula is C25H26F4N6O. The number of piperazine rings is 1. The second-order valence-electron chi connectivity index (χ2n) is 8.95. The fourth-order valence-electron chi connectivity index (χ4n) is 4.51. The number of benzene rings is 2. The zero-order chi connectivity index (χ0) is 25.4. The Morgan fingerprint density at radius 2 is 1.75 bits per heavy atom. The number of rotatable bonds is 5. The molecule has 0 atom stereocenters. The molecule has 0 unspecified atom stereocenters. The fourth-order valence-corrected chi connectivity index (χ4v) is 4.51. The van der Waals surface area contributed by atoms with Gasteiger partial charge in [0, 0.05) is 37.8 Å². The van der Waals surface area contributed by atoms with Crippen molar-refractivity contribution in [1.82, 2.24) is 15.3 Å². The van der Waals surface area contributed by atoms with Crippen molar-refractivity contribution in [3.63, 3.8) is 0 Å². The summed E-state index contributed by atoms with van der Waals surface area (Å²) in [4.78, 5) is 11.7. The van der Waals surface area contributed by atoms with E-state index in [1.807, 2.05) is 18.7 Å². The molecule has 2 aliphatic rings. The normalized spacial score (nSPS) is 15.6. The van der Waals surface area contributed by atoms with Crippen molar-refractivity contribution in [2.75, 3.05) is 54.4 Å². The Balaban J connectivity index is 1.47. The zero-order valence-electron chi connectivity index (χ0n) is 19.9. The second kappa shape index (κ2) is 9.81.